The number of thioether (sulfide) groups is 1. The van der Waals surface area contributed by atoms with Crippen LogP contribution in [0.15, 0.2) is 35.3 Å². The highest BCUT2D eigenvalue weighted by Crippen LogP contribution is 2.19. The molecule has 0 heterocycles. The second-order valence-corrected chi connectivity index (χ2v) is 9.62. The van der Waals surface area contributed by atoms with Gasteiger partial charge in [0, 0.05) is 38.8 Å². The molecule has 0 fully saturated rings. The first-order valence-electron chi connectivity index (χ1n) is 7.47. The van der Waals surface area contributed by atoms with Crippen LogP contribution in [0.25, 0.3) is 0 Å². The highest BCUT2D eigenvalue weighted by atomic mass is 32.2. The summed E-state index contributed by atoms with van der Waals surface area (Å²) in [5, 5.41) is 0.503. The Bertz CT molecular complexity index is 418. The van der Waals surface area contributed by atoms with E-state index in [1.165, 1.54) is 0 Å². The van der Waals surface area contributed by atoms with Gasteiger partial charge in [-0.3, -0.25) is 4.99 Å². The van der Waals surface area contributed by atoms with E-state index >= 15 is 0 Å². The fourth-order valence-corrected chi connectivity index (χ4v) is 4.91. The maximum atomic E-state index is 5.42. The van der Waals surface area contributed by atoms with Crippen molar-refractivity contribution in [1.82, 2.24) is 0 Å². The molecule has 1 atom stereocenters. The summed E-state index contributed by atoms with van der Waals surface area (Å²) in [6.07, 6.45) is 2.97. The van der Waals surface area contributed by atoms with E-state index in [1.54, 1.807) is 21.3 Å². The zero-order valence-electron chi connectivity index (χ0n) is 14.0. The van der Waals surface area contributed by atoms with E-state index < -0.39 is 8.80 Å². The maximum absolute atomic E-state index is 5.42. The predicted molar refractivity (Wildman–Crippen MR) is 97.0 cm³/mol. The van der Waals surface area contributed by atoms with Gasteiger partial charge in [0.25, 0.3) is 0 Å². The Morgan fingerprint density at radius 3 is 2.36 bits per heavy atom. The Labute approximate surface area is 139 Å². The van der Waals surface area contributed by atoms with Gasteiger partial charge in [0.05, 0.1) is 6.54 Å². The van der Waals surface area contributed by atoms with E-state index in [1.807, 2.05) is 36.2 Å². The summed E-state index contributed by atoms with van der Waals surface area (Å²) in [6, 6.07) is 11.0. The molecular formula is C16H27NO3SSi. The van der Waals surface area contributed by atoms with Gasteiger partial charge < -0.3 is 13.3 Å². The molecule has 1 aromatic carbocycles. The van der Waals surface area contributed by atoms with Gasteiger partial charge in [0.1, 0.15) is 0 Å². The van der Waals surface area contributed by atoms with E-state index in [0.717, 1.165) is 30.3 Å². The van der Waals surface area contributed by atoms with Crippen LogP contribution >= 0.6 is 11.8 Å². The summed E-state index contributed by atoms with van der Waals surface area (Å²) in [5.41, 5.74) is 1.15. The third kappa shape index (κ3) is 7.06. The first-order valence-corrected chi connectivity index (χ1v) is 10.5. The van der Waals surface area contributed by atoms with Gasteiger partial charge in [-0.2, -0.15) is 11.8 Å². The molecule has 6 heteroatoms. The summed E-state index contributed by atoms with van der Waals surface area (Å²) >= 11 is 1.93. The monoisotopic (exact) mass is 341 g/mol. The van der Waals surface area contributed by atoms with Gasteiger partial charge >= 0.3 is 8.80 Å². The van der Waals surface area contributed by atoms with Gasteiger partial charge in [-0.1, -0.05) is 37.3 Å². The predicted octanol–water partition coefficient (Wildman–Crippen LogP) is 3.50. The molecule has 0 aliphatic carbocycles. The molecule has 0 aliphatic heterocycles. The van der Waals surface area contributed by atoms with Crippen LogP contribution in [0.5, 0.6) is 0 Å². The van der Waals surface area contributed by atoms with Crippen LogP contribution < -0.4 is 0 Å². The molecule has 1 unspecified atom stereocenters. The molecule has 22 heavy (non-hydrogen) atoms. The first-order chi connectivity index (χ1) is 10.7. The Morgan fingerprint density at radius 2 is 1.77 bits per heavy atom. The smallest absolute Gasteiger partial charge is 0.377 e. The summed E-state index contributed by atoms with van der Waals surface area (Å²) in [4.78, 5) is 4.51. The lowest BCUT2D eigenvalue weighted by molar-refractivity contribution is 0.123. The average molecular weight is 342 g/mol. The molecule has 124 valence electrons. The topological polar surface area (TPSA) is 40.0 Å². The second-order valence-electron chi connectivity index (χ2n) is 4.99. The number of hydrogen-bond acceptors (Lipinski definition) is 5. The molecule has 0 N–H and O–H groups in total. The standard InChI is InChI=1S/C16H27NO3SSi/c1-15(13-17-14-16-9-6-5-7-10-16)21-11-8-12-22(18-2,19-3)20-4/h5-7,9-10,14-15H,8,11-13H2,1-4H3. The van der Waals surface area contributed by atoms with Crippen molar-refractivity contribution in [3.8, 4) is 0 Å². The fourth-order valence-electron chi connectivity index (χ4n) is 2.03. The maximum Gasteiger partial charge on any atom is 0.500 e. The number of nitrogens with zero attached hydrogens (tertiary/aromatic N) is 1. The molecular weight excluding hydrogens is 314 g/mol. The average Bonchev–Trinajstić information content (AvgIpc) is 2.57. The first kappa shape index (κ1) is 19.4. The minimum Gasteiger partial charge on any atom is -0.377 e. The number of benzene rings is 1. The van der Waals surface area contributed by atoms with Crippen molar-refractivity contribution >= 4 is 26.8 Å². The SMILES string of the molecule is CO[Si](CCCSC(C)CN=Cc1ccccc1)(OC)OC. The minimum atomic E-state index is -2.40. The van der Waals surface area contributed by atoms with Crippen molar-refractivity contribution in [3.05, 3.63) is 35.9 Å². The van der Waals surface area contributed by atoms with Gasteiger partial charge in [-0.05, 0) is 17.7 Å². The molecule has 0 bridgehead atoms. The third-order valence-corrected chi connectivity index (χ3v) is 7.44. The zero-order valence-corrected chi connectivity index (χ0v) is 15.8. The minimum absolute atomic E-state index is 0.503. The van der Waals surface area contributed by atoms with E-state index in [0.29, 0.717) is 5.25 Å². The molecule has 0 saturated heterocycles. The van der Waals surface area contributed by atoms with Crippen molar-refractivity contribution in [2.24, 2.45) is 4.99 Å². The van der Waals surface area contributed by atoms with Gasteiger partial charge in [-0.25, -0.2) is 0 Å². The van der Waals surface area contributed by atoms with Crippen LogP contribution in [0.4, 0.5) is 0 Å². The lowest BCUT2D eigenvalue weighted by Gasteiger charge is -2.24. The second kappa shape index (κ2) is 11.0. The molecule has 0 radical (unpaired) electrons. The highest BCUT2D eigenvalue weighted by molar-refractivity contribution is 7.99. The van der Waals surface area contributed by atoms with Crippen LogP contribution in [0.1, 0.15) is 18.9 Å². The van der Waals surface area contributed by atoms with E-state index in [4.69, 9.17) is 13.3 Å². The Kier molecular flexibility index (Phi) is 9.66. The van der Waals surface area contributed by atoms with Crippen molar-refractivity contribution in [3.63, 3.8) is 0 Å². The number of rotatable bonds is 11. The summed E-state index contributed by atoms with van der Waals surface area (Å²) in [7, 11) is 2.58. The van der Waals surface area contributed by atoms with Crippen LogP contribution in [-0.2, 0) is 13.3 Å². The van der Waals surface area contributed by atoms with Crippen LogP contribution in [0.3, 0.4) is 0 Å². The van der Waals surface area contributed by atoms with E-state index in [2.05, 4.69) is 24.0 Å². The number of aliphatic imine (C=N–C) groups is 1. The number of hydrogen-bond donors (Lipinski definition) is 0. The van der Waals surface area contributed by atoms with Crippen LogP contribution in [0, 0.1) is 0 Å². The molecule has 0 aromatic heterocycles. The largest absolute Gasteiger partial charge is 0.500 e. The Hall–Kier alpha value is -0.663. The van der Waals surface area contributed by atoms with Gasteiger partial charge in [-0.15, -0.1) is 0 Å². The van der Waals surface area contributed by atoms with Crippen molar-refractivity contribution < 1.29 is 13.3 Å². The van der Waals surface area contributed by atoms with E-state index in [-0.39, 0.29) is 0 Å². The lowest BCUT2D eigenvalue weighted by atomic mass is 10.2. The molecule has 1 aromatic rings. The van der Waals surface area contributed by atoms with Crippen molar-refractivity contribution in [2.45, 2.75) is 24.6 Å². The highest BCUT2D eigenvalue weighted by Gasteiger charge is 2.36. The molecule has 4 nitrogen and oxygen atoms in total. The lowest BCUT2D eigenvalue weighted by Crippen LogP contribution is -2.42. The Morgan fingerprint density at radius 1 is 1.14 bits per heavy atom. The molecule has 0 saturated carbocycles. The normalized spacial score (nSPS) is 13.6. The van der Waals surface area contributed by atoms with Crippen LogP contribution in [-0.4, -0.2) is 53.9 Å². The molecule has 0 aliphatic rings. The Balaban J connectivity index is 2.21. The molecule has 0 amide bonds. The zero-order chi connectivity index (χ0) is 16.3. The molecule has 1 rings (SSSR count). The van der Waals surface area contributed by atoms with Crippen molar-refractivity contribution in [1.29, 1.82) is 0 Å². The summed E-state index contributed by atoms with van der Waals surface area (Å²) in [6.45, 7) is 3.04. The quantitative estimate of drug-likeness (QED) is 0.351. The van der Waals surface area contributed by atoms with Crippen molar-refractivity contribution in [2.75, 3.05) is 33.6 Å². The fraction of sp³-hybridized carbons (Fsp3) is 0.562. The summed E-state index contributed by atoms with van der Waals surface area (Å²) < 4.78 is 16.3. The van der Waals surface area contributed by atoms with Gasteiger partial charge in [0.2, 0.25) is 0 Å². The third-order valence-electron chi connectivity index (χ3n) is 3.37. The van der Waals surface area contributed by atoms with Gasteiger partial charge in [0.15, 0.2) is 0 Å². The van der Waals surface area contributed by atoms with Crippen LogP contribution in [0.2, 0.25) is 6.04 Å². The molecule has 0 spiro atoms. The van der Waals surface area contributed by atoms with E-state index in [9.17, 15) is 0 Å². The summed E-state index contributed by atoms with van der Waals surface area (Å²) in [5.74, 6) is 1.06.